The van der Waals surface area contributed by atoms with Crippen molar-refractivity contribution in [3.05, 3.63) is 41.5 Å². The fourth-order valence-electron chi connectivity index (χ4n) is 3.40. The van der Waals surface area contributed by atoms with Crippen molar-refractivity contribution in [1.29, 1.82) is 0 Å². The third-order valence-corrected chi connectivity index (χ3v) is 4.81. The van der Waals surface area contributed by atoms with Gasteiger partial charge in [-0.05, 0) is 50.5 Å². The van der Waals surface area contributed by atoms with Gasteiger partial charge in [0.05, 0.1) is 13.2 Å². The van der Waals surface area contributed by atoms with Gasteiger partial charge in [-0.2, -0.15) is 0 Å². The zero-order valence-electron chi connectivity index (χ0n) is 17.5. The third kappa shape index (κ3) is 5.82. The summed E-state index contributed by atoms with van der Waals surface area (Å²) in [5.41, 5.74) is 0.871. The number of ether oxygens (including phenoxy) is 2. The van der Waals surface area contributed by atoms with Gasteiger partial charge in [-0.3, -0.25) is 4.79 Å². The molecule has 0 aliphatic carbocycles. The first-order valence-corrected chi connectivity index (χ1v) is 10.3. The summed E-state index contributed by atoms with van der Waals surface area (Å²) >= 11 is 0. The van der Waals surface area contributed by atoms with Crippen LogP contribution in [-0.4, -0.2) is 40.4 Å². The normalized spacial score (nSPS) is 13.9. The van der Waals surface area contributed by atoms with Crippen LogP contribution in [0.1, 0.15) is 50.3 Å². The average Bonchev–Trinajstić information content (AvgIpc) is 2.93. The van der Waals surface area contributed by atoms with Crippen LogP contribution in [0.4, 0.5) is 0 Å². The fraction of sp³-hybridized carbons (Fsp3) is 0.500. The molecule has 1 amide bonds. The maximum Gasteiger partial charge on any atom is 0.244 e. The number of methoxy groups -OCH3 is 1. The molecule has 0 spiro atoms. The van der Waals surface area contributed by atoms with E-state index in [1.165, 1.54) is 18.9 Å². The Morgan fingerprint density at radius 2 is 2.10 bits per heavy atom. The van der Waals surface area contributed by atoms with Gasteiger partial charge in [0.1, 0.15) is 11.6 Å². The number of rotatable bonds is 8. The van der Waals surface area contributed by atoms with E-state index in [2.05, 4.69) is 20.1 Å². The van der Waals surface area contributed by atoms with Crippen LogP contribution in [0.15, 0.2) is 24.3 Å². The first kappa shape index (κ1) is 20.9. The summed E-state index contributed by atoms with van der Waals surface area (Å²) in [6.07, 6.45) is 8.61. The Labute approximate surface area is 172 Å². The van der Waals surface area contributed by atoms with E-state index in [-0.39, 0.29) is 12.0 Å². The summed E-state index contributed by atoms with van der Waals surface area (Å²) in [5.74, 6) is 3.23. The Kier molecular flexibility index (Phi) is 7.27. The van der Waals surface area contributed by atoms with E-state index in [1.807, 2.05) is 32.0 Å². The highest BCUT2D eigenvalue weighted by Crippen LogP contribution is 2.29. The van der Waals surface area contributed by atoms with Crippen molar-refractivity contribution in [2.45, 2.75) is 58.6 Å². The monoisotopic (exact) mass is 398 g/mol. The quantitative estimate of drug-likeness (QED) is 0.691. The van der Waals surface area contributed by atoms with Gasteiger partial charge in [-0.1, -0.05) is 12.5 Å². The minimum Gasteiger partial charge on any atom is -0.493 e. The van der Waals surface area contributed by atoms with Crippen LogP contribution in [0.25, 0.3) is 6.08 Å². The molecule has 0 saturated heterocycles. The summed E-state index contributed by atoms with van der Waals surface area (Å²) in [5, 5.41) is 11.5. The van der Waals surface area contributed by atoms with Crippen LogP contribution in [0.2, 0.25) is 0 Å². The van der Waals surface area contributed by atoms with Crippen molar-refractivity contribution in [3.63, 3.8) is 0 Å². The molecule has 0 radical (unpaired) electrons. The first-order valence-electron chi connectivity index (χ1n) is 10.3. The van der Waals surface area contributed by atoms with Crippen LogP contribution in [0.3, 0.4) is 0 Å². The number of hydrogen-bond donors (Lipinski definition) is 1. The smallest absolute Gasteiger partial charge is 0.244 e. The number of aryl methyl sites for hydroxylation is 1. The molecule has 2 aromatic rings. The number of amides is 1. The zero-order valence-corrected chi connectivity index (χ0v) is 17.5. The van der Waals surface area contributed by atoms with Gasteiger partial charge in [0.25, 0.3) is 0 Å². The molecule has 0 fully saturated rings. The highest BCUT2D eigenvalue weighted by molar-refractivity contribution is 5.91. The molecular formula is C22H30N4O3. The number of carbonyl (C=O) groups excluding carboxylic acids is 1. The zero-order chi connectivity index (χ0) is 20.6. The maximum absolute atomic E-state index is 12.2. The summed E-state index contributed by atoms with van der Waals surface area (Å²) in [4.78, 5) is 12.2. The van der Waals surface area contributed by atoms with Crippen LogP contribution < -0.4 is 14.8 Å². The van der Waals surface area contributed by atoms with E-state index >= 15 is 0 Å². The summed E-state index contributed by atoms with van der Waals surface area (Å²) in [6.45, 7) is 5.44. The third-order valence-electron chi connectivity index (χ3n) is 4.81. The molecular weight excluding hydrogens is 368 g/mol. The highest BCUT2D eigenvalue weighted by atomic mass is 16.5. The van der Waals surface area contributed by atoms with Gasteiger partial charge in [0.15, 0.2) is 11.5 Å². The number of benzene rings is 1. The van der Waals surface area contributed by atoms with Crippen molar-refractivity contribution in [2.75, 3.05) is 13.7 Å². The Balaban J connectivity index is 1.52. The van der Waals surface area contributed by atoms with E-state index in [9.17, 15) is 4.79 Å². The van der Waals surface area contributed by atoms with E-state index in [1.54, 1.807) is 13.2 Å². The fourth-order valence-corrected chi connectivity index (χ4v) is 3.40. The van der Waals surface area contributed by atoms with Crippen LogP contribution in [-0.2, 0) is 24.2 Å². The molecule has 1 aliphatic heterocycles. The van der Waals surface area contributed by atoms with Crippen molar-refractivity contribution in [3.8, 4) is 11.5 Å². The number of aromatic nitrogens is 3. The number of hydrogen-bond acceptors (Lipinski definition) is 5. The van der Waals surface area contributed by atoms with Crippen molar-refractivity contribution in [2.24, 2.45) is 0 Å². The molecule has 0 bridgehead atoms. The lowest BCUT2D eigenvalue weighted by Gasteiger charge is -2.13. The Hall–Kier alpha value is -2.83. The number of carbonyl (C=O) groups is 1. The lowest BCUT2D eigenvalue weighted by Crippen LogP contribution is -2.24. The predicted octanol–water partition coefficient (Wildman–Crippen LogP) is 3.17. The Morgan fingerprint density at radius 1 is 1.24 bits per heavy atom. The molecule has 1 aliphatic rings. The van der Waals surface area contributed by atoms with Crippen LogP contribution in [0.5, 0.6) is 11.5 Å². The van der Waals surface area contributed by atoms with Crippen LogP contribution in [0, 0.1) is 0 Å². The minimum absolute atomic E-state index is 0.0661. The molecule has 156 valence electrons. The molecule has 0 unspecified atom stereocenters. The van der Waals surface area contributed by atoms with E-state index < -0.39 is 0 Å². The van der Waals surface area contributed by atoms with Gasteiger partial charge in [0.2, 0.25) is 5.91 Å². The highest BCUT2D eigenvalue weighted by Gasteiger charge is 2.14. The SMILES string of the molecule is COc1cc(/C=C/C(=O)NCCc2nnc3n2CCCCC3)ccc1OC(C)C. The maximum atomic E-state index is 12.2. The van der Waals surface area contributed by atoms with Gasteiger partial charge < -0.3 is 19.4 Å². The lowest BCUT2D eigenvalue weighted by molar-refractivity contribution is -0.116. The van der Waals surface area contributed by atoms with Crippen molar-refractivity contribution >= 4 is 12.0 Å². The standard InChI is InChI=1S/C22H30N4O3/c1-16(2)29-18-10-8-17(15-19(18)28-3)9-11-22(27)23-13-12-21-25-24-20-7-5-4-6-14-26(20)21/h8-11,15-16H,4-7,12-14H2,1-3H3,(H,23,27)/b11-9+. The number of nitrogens with zero attached hydrogens (tertiary/aromatic N) is 3. The lowest BCUT2D eigenvalue weighted by atomic mass is 10.2. The second kappa shape index (κ2) is 10.1. The largest absolute Gasteiger partial charge is 0.493 e. The summed E-state index contributed by atoms with van der Waals surface area (Å²) in [6, 6.07) is 5.61. The van der Waals surface area contributed by atoms with Crippen LogP contribution >= 0.6 is 0 Å². The van der Waals surface area contributed by atoms with Crippen molar-refractivity contribution < 1.29 is 14.3 Å². The van der Waals surface area contributed by atoms with Crippen molar-refractivity contribution in [1.82, 2.24) is 20.1 Å². The molecule has 1 aromatic heterocycles. The Morgan fingerprint density at radius 3 is 2.90 bits per heavy atom. The average molecular weight is 399 g/mol. The van der Waals surface area contributed by atoms with Gasteiger partial charge in [0, 0.05) is 32.0 Å². The summed E-state index contributed by atoms with van der Waals surface area (Å²) < 4.78 is 13.3. The molecule has 2 heterocycles. The molecule has 0 saturated carbocycles. The minimum atomic E-state index is -0.137. The molecule has 7 nitrogen and oxygen atoms in total. The van der Waals surface area contributed by atoms with Gasteiger partial charge in [-0.15, -0.1) is 10.2 Å². The molecule has 0 atom stereocenters. The predicted molar refractivity (Wildman–Crippen MR) is 112 cm³/mol. The first-order chi connectivity index (χ1) is 14.1. The molecule has 1 N–H and O–H groups in total. The van der Waals surface area contributed by atoms with Gasteiger partial charge in [-0.25, -0.2) is 0 Å². The number of fused-ring (bicyclic) bond motifs is 1. The second-order valence-electron chi connectivity index (χ2n) is 7.45. The molecule has 1 aromatic carbocycles. The summed E-state index contributed by atoms with van der Waals surface area (Å²) in [7, 11) is 1.61. The van der Waals surface area contributed by atoms with Gasteiger partial charge >= 0.3 is 0 Å². The van der Waals surface area contributed by atoms with E-state index in [0.29, 0.717) is 24.5 Å². The second-order valence-corrected chi connectivity index (χ2v) is 7.45. The van der Waals surface area contributed by atoms with E-state index in [4.69, 9.17) is 9.47 Å². The Bertz CT molecular complexity index is 858. The van der Waals surface area contributed by atoms with E-state index in [0.717, 1.165) is 36.6 Å². The topological polar surface area (TPSA) is 78.3 Å². The molecule has 7 heteroatoms. The number of nitrogens with one attached hydrogen (secondary N) is 1. The molecule has 29 heavy (non-hydrogen) atoms. The molecule has 3 rings (SSSR count).